The molecule has 1 atom stereocenters. The average molecular weight is 610 g/mol. The fourth-order valence-corrected chi connectivity index (χ4v) is 6.75. The monoisotopic (exact) mass is 609 g/mol. The van der Waals surface area contributed by atoms with Crippen LogP contribution in [0.15, 0.2) is 59.0 Å². The van der Waals surface area contributed by atoms with Crippen LogP contribution in [-0.4, -0.2) is 50.4 Å². The first-order valence-corrected chi connectivity index (χ1v) is 16.1. The Balaban J connectivity index is 1.16. The molecule has 3 aromatic heterocycles. The summed E-state index contributed by atoms with van der Waals surface area (Å²) >= 11 is 1.32. The highest BCUT2D eigenvalue weighted by Gasteiger charge is 2.38. The molecule has 4 aromatic rings. The molecule has 2 aliphatic carbocycles. The van der Waals surface area contributed by atoms with Gasteiger partial charge >= 0.3 is 0 Å². The molecule has 2 N–H and O–H groups in total. The number of hydrogen-bond donors (Lipinski definition) is 2. The summed E-state index contributed by atoms with van der Waals surface area (Å²) in [6, 6.07) is 11.9. The van der Waals surface area contributed by atoms with E-state index in [-0.39, 0.29) is 28.8 Å². The first-order chi connectivity index (χ1) is 21.4. The molecule has 1 saturated heterocycles. The number of nitriles is 1. The van der Waals surface area contributed by atoms with Crippen LogP contribution in [0.4, 0.5) is 5.95 Å². The smallest absolute Gasteiger partial charge is 0.268 e. The molecule has 0 radical (unpaired) electrons. The number of anilines is 1. The van der Waals surface area contributed by atoms with Crippen molar-refractivity contribution in [3.63, 3.8) is 0 Å². The van der Waals surface area contributed by atoms with E-state index in [0.29, 0.717) is 29.7 Å². The number of allylic oxidation sites excluding steroid dienone is 1. The van der Waals surface area contributed by atoms with Crippen molar-refractivity contribution >= 4 is 40.1 Å². The quantitative estimate of drug-likeness (QED) is 0.164. The van der Waals surface area contributed by atoms with Crippen LogP contribution < -0.4 is 10.6 Å². The number of aromatic nitrogens is 3. The van der Waals surface area contributed by atoms with Crippen molar-refractivity contribution in [2.75, 3.05) is 18.4 Å². The predicted octanol–water partition coefficient (Wildman–Crippen LogP) is 5.75. The molecule has 3 aliphatic rings. The third-order valence-corrected chi connectivity index (χ3v) is 10.0. The molecule has 0 bridgehead atoms. The van der Waals surface area contributed by atoms with Gasteiger partial charge in [0, 0.05) is 19.6 Å². The first kappa shape index (κ1) is 28.5. The zero-order chi connectivity index (χ0) is 30.3. The van der Waals surface area contributed by atoms with Crippen LogP contribution >= 0.6 is 11.3 Å². The maximum atomic E-state index is 13.6. The van der Waals surface area contributed by atoms with Crippen molar-refractivity contribution in [3.05, 3.63) is 65.0 Å². The fourth-order valence-electron chi connectivity index (χ4n) is 5.89. The molecule has 2 saturated carbocycles. The van der Waals surface area contributed by atoms with E-state index in [4.69, 9.17) is 9.40 Å². The molecule has 10 nitrogen and oxygen atoms in total. The van der Waals surface area contributed by atoms with Gasteiger partial charge in [-0.2, -0.15) is 5.26 Å². The number of rotatable bonds is 11. The Hall–Kier alpha value is -4.27. The molecule has 1 aliphatic heterocycles. The van der Waals surface area contributed by atoms with Gasteiger partial charge in [0.05, 0.1) is 33.0 Å². The second-order valence-electron chi connectivity index (χ2n) is 12.5. The number of thiophene rings is 1. The van der Waals surface area contributed by atoms with Gasteiger partial charge in [-0.25, -0.2) is 9.97 Å². The highest BCUT2D eigenvalue weighted by atomic mass is 32.1. The second-order valence-corrected chi connectivity index (χ2v) is 13.6. The van der Waals surface area contributed by atoms with Crippen molar-refractivity contribution in [1.29, 1.82) is 5.26 Å². The lowest BCUT2D eigenvalue weighted by Gasteiger charge is -2.26. The zero-order valence-electron chi connectivity index (χ0n) is 24.7. The highest BCUT2D eigenvalue weighted by Crippen LogP contribution is 2.47. The van der Waals surface area contributed by atoms with Crippen LogP contribution in [0.25, 0.3) is 21.7 Å². The minimum absolute atomic E-state index is 0.0473. The summed E-state index contributed by atoms with van der Waals surface area (Å²) in [5, 5.41) is 16.4. The van der Waals surface area contributed by atoms with Gasteiger partial charge in [0.15, 0.2) is 12.2 Å². The van der Waals surface area contributed by atoms with Crippen molar-refractivity contribution in [1.82, 2.24) is 24.8 Å². The van der Waals surface area contributed by atoms with Gasteiger partial charge in [-0.05, 0) is 86.2 Å². The largest absolute Gasteiger partial charge is 0.443 e. The van der Waals surface area contributed by atoms with Gasteiger partial charge in [-0.1, -0.05) is 19.1 Å². The van der Waals surface area contributed by atoms with E-state index >= 15 is 0 Å². The van der Waals surface area contributed by atoms with Crippen LogP contribution in [0.5, 0.6) is 0 Å². The molecule has 3 fully saturated rings. The molecule has 226 valence electrons. The summed E-state index contributed by atoms with van der Waals surface area (Å²) in [6.07, 6.45) is 11.1. The highest BCUT2D eigenvalue weighted by molar-refractivity contribution is 7.17. The maximum Gasteiger partial charge on any atom is 0.268 e. The number of hydrogen-bond acceptors (Lipinski definition) is 8. The predicted molar refractivity (Wildman–Crippen MR) is 168 cm³/mol. The lowest BCUT2D eigenvalue weighted by molar-refractivity contribution is -0.127. The Morgan fingerprint density at radius 2 is 2.09 bits per heavy atom. The Morgan fingerprint density at radius 1 is 1.23 bits per heavy atom. The van der Waals surface area contributed by atoms with Crippen molar-refractivity contribution in [2.45, 2.75) is 64.6 Å². The molecule has 4 heterocycles. The second kappa shape index (κ2) is 11.7. The molecule has 0 unspecified atom stereocenters. The number of oxazole rings is 1. The molecular weight excluding hydrogens is 574 g/mol. The summed E-state index contributed by atoms with van der Waals surface area (Å²) in [4.78, 5) is 39.0. The van der Waals surface area contributed by atoms with E-state index in [9.17, 15) is 14.9 Å². The number of carbonyl (C=O) groups excluding carboxylic acids is 2. The van der Waals surface area contributed by atoms with E-state index < -0.39 is 0 Å². The van der Waals surface area contributed by atoms with Crippen molar-refractivity contribution < 1.29 is 14.0 Å². The van der Waals surface area contributed by atoms with Crippen LogP contribution in [0.1, 0.15) is 60.7 Å². The average Bonchev–Trinajstić information content (AvgIpc) is 3.63. The van der Waals surface area contributed by atoms with Gasteiger partial charge in [-0.3, -0.25) is 14.9 Å². The summed E-state index contributed by atoms with van der Waals surface area (Å²) < 4.78 is 7.40. The summed E-state index contributed by atoms with van der Waals surface area (Å²) in [5.74, 6) is 1.36. The number of fused-ring (bicyclic) bond motifs is 1. The molecule has 11 heteroatoms. The standard InChI is InChI=1S/C33H35N7O3S/c1-33(10-11-33)14-23(15-34)31(42)39-12-2-3-24(39)19-40-26-7-6-22(17-35-16-21-4-5-21)13-25(26)37-32(40)38-30(41)29-9-8-28(44-29)27-18-36-20-43-27/h6-9,13-14,18,20-21,24,35H,2-5,10-12,16-17,19H2,1H3,(H,37,38,41)/b23-14-/t24-/m1/s1. The molecule has 1 aromatic carbocycles. The zero-order valence-corrected chi connectivity index (χ0v) is 25.5. The Kier molecular flexibility index (Phi) is 7.56. The number of imidazole rings is 1. The van der Waals surface area contributed by atoms with Gasteiger partial charge < -0.3 is 19.2 Å². The van der Waals surface area contributed by atoms with Gasteiger partial charge in [0.2, 0.25) is 5.95 Å². The molecular formula is C33H35N7O3S. The number of nitrogens with zero attached hydrogens (tertiary/aromatic N) is 5. The number of nitrogens with one attached hydrogen (secondary N) is 2. The number of likely N-dealkylation sites (tertiary alicyclic amines) is 1. The summed E-state index contributed by atoms with van der Waals surface area (Å²) in [6.45, 7) is 4.93. The van der Waals surface area contributed by atoms with Gasteiger partial charge in [0.25, 0.3) is 11.8 Å². The van der Waals surface area contributed by atoms with Gasteiger partial charge in [0.1, 0.15) is 11.6 Å². The van der Waals surface area contributed by atoms with Gasteiger partial charge in [-0.15, -0.1) is 11.3 Å². The van der Waals surface area contributed by atoms with Crippen LogP contribution in [0, 0.1) is 22.7 Å². The fraction of sp³-hybridized carbons (Fsp3) is 0.424. The number of amides is 2. The Labute approximate surface area is 259 Å². The third-order valence-electron chi connectivity index (χ3n) is 8.92. The summed E-state index contributed by atoms with van der Waals surface area (Å²) in [5.41, 5.74) is 2.99. The molecule has 0 spiro atoms. The topological polar surface area (TPSA) is 129 Å². The third kappa shape index (κ3) is 6.05. The van der Waals surface area contributed by atoms with E-state index in [1.54, 1.807) is 12.3 Å². The Morgan fingerprint density at radius 3 is 2.84 bits per heavy atom. The molecule has 44 heavy (non-hydrogen) atoms. The number of carbonyl (C=O) groups is 2. The lowest BCUT2D eigenvalue weighted by atomic mass is 10.0. The molecule has 2 amide bonds. The van der Waals surface area contributed by atoms with Crippen molar-refractivity contribution in [2.24, 2.45) is 11.3 Å². The minimum atomic E-state index is -0.268. The molecule has 7 rings (SSSR count). The normalized spacial score (nSPS) is 19.3. The van der Waals surface area contributed by atoms with E-state index in [0.717, 1.165) is 66.2 Å². The first-order valence-electron chi connectivity index (χ1n) is 15.3. The minimum Gasteiger partial charge on any atom is -0.443 e. The van der Waals surface area contributed by atoms with E-state index in [2.05, 4.69) is 46.8 Å². The summed E-state index contributed by atoms with van der Waals surface area (Å²) in [7, 11) is 0. The lowest BCUT2D eigenvalue weighted by Crippen LogP contribution is -2.39. The maximum absolute atomic E-state index is 13.6. The SMILES string of the molecule is CC1(/C=C(/C#N)C(=O)N2CCC[C@@H]2Cn2c(NC(=O)c3ccc(-c4cnco4)s3)nc3cc(CNCC4CC4)ccc32)CC1. The number of benzene rings is 1. The van der Waals surface area contributed by atoms with E-state index in [1.165, 1.54) is 30.6 Å². The van der Waals surface area contributed by atoms with Crippen LogP contribution in [0.3, 0.4) is 0 Å². The van der Waals surface area contributed by atoms with E-state index in [1.807, 2.05) is 21.6 Å². The Bertz CT molecular complexity index is 1770. The van der Waals surface area contributed by atoms with Crippen LogP contribution in [0.2, 0.25) is 0 Å². The van der Waals surface area contributed by atoms with Crippen molar-refractivity contribution in [3.8, 4) is 16.7 Å². The van der Waals surface area contributed by atoms with Crippen LogP contribution in [-0.2, 0) is 17.9 Å².